The normalized spacial score (nSPS) is 26.7. The third-order valence-electron chi connectivity index (χ3n) is 3.14. The Kier molecular flexibility index (Phi) is 7.77. The lowest BCUT2D eigenvalue weighted by atomic mass is 9.99. The third kappa shape index (κ3) is 5.17. The highest BCUT2D eigenvalue weighted by Gasteiger charge is 2.21. The van der Waals surface area contributed by atoms with E-state index in [0.717, 1.165) is 32.2 Å². The maximum Gasteiger partial charge on any atom is 0.223 e. The molecule has 3 unspecified atom stereocenters. The number of hydrogen-bond acceptors (Lipinski definition) is 2. The SMILES string of the molecule is CCCC(C)C(=O)NC1CCNC(C)C1.Cl. The van der Waals surface area contributed by atoms with E-state index in [1.165, 1.54) is 0 Å². The molecule has 0 radical (unpaired) electrons. The van der Waals surface area contributed by atoms with Crippen LogP contribution in [0.3, 0.4) is 0 Å². The first-order valence-corrected chi connectivity index (χ1v) is 6.17. The van der Waals surface area contributed by atoms with Crippen LogP contribution in [0.4, 0.5) is 0 Å². The van der Waals surface area contributed by atoms with Crippen molar-refractivity contribution in [1.82, 2.24) is 10.6 Å². The number of nitrogens with one attached hydrogen (secondary N) is 2. The monoisotopic (exact) mass is 248 g/mol. The summed E-state index contributed by atoms with van der Waals surface area (Å²) >= 11 is 0. The molecule has 1 aliphatic rings. The van der Waals surface area contributed by atoms with Crippen LogP contribution in [0.25, 0.3) is 0 Å². The first-order chi connectivity index (χ1) is 7.13. The maximum atomic E-state index is 11.8. The zero-order chi connectivity index (χ0) is 11.3. The van der Waals surface area contributed by atoms with Gasteiger partial charge in [-0.15, -0.1) is 12.4 Å². The van der Waals surface area contributed by atoms with E-state index in [0.29, 0.717) is 12.1 Å². The second-order valence-corrected chi connectivity index (χ2v) is 4.77. The Morgan fingerprint density at radius 3 is 2.81 bits per heavy atom. The Balaban J connectivity index is 0.00000225. The molecule has 2 N–H and O–H groups in total. The molecule has 4 heteroatoms. The summed E-state index contributed by atoms with van der Waals surface area (Å²) in [4.78, 5) is 11.8. The Morgan fingerprint density at radius 1 is 1.56 bits per heavy atom. The van der Waals surface area contributed by atoms with Crippen molar-refractivity contribution < 1.29 is 4.79 Å². The van der Waals surface area contributed by atoms with Gasteiger partial charge < -0.3 is 10.6 Å². The van der Waals surface area contributed by atoms with Gasteiger partial charge in [-0.05, 0) is 32.7 Å². The van der Waals surface area contributed by atoms with E-state index in [-0.39, 0.29) is 24.2 Å². The van der Waals surface area contributed by atoms with E-state index in [2.05, 4.69) is 24.5 Å². The van der Waals surface area contributed by atoms with Gasteiger partial charge in [-0.25, -0.2) is 0 Å². The van der Waals surface area contributed by atoms with Crippen molar-refractivity contribution in [2.45, 2.75) is 58.5 Å². The molecule has 1 rings (SSSR count). The molecule has 1 amide bonds. The van der Waals surface area contributed by atoms with E-state index in [4.69, 9.17) is 0 Å². The van der Waals surface area contributed by atoms with Crippen molar-refractivity contribution in [1.29, 1.82) is 0 Å². The highest BCUT2D eigenvalue weighted by Crippen LogP contribution is 2.11. The van der Waals surface area contributed by atoms with Crippen molar-refractivity contribution in [3.8, 4) is 0 Å². The lowest BCUT2D eigenvalue weighted by Gasteiger charge is -2.29. The average molecular weight is 249 g/mol. The molecule has 0 aromatic carbocycles. The molecule has 16 heavy (non-hydrogen) atoms. The number of hydrogen-bond donors (Lipinski definition) is 2. The van der Waals surface area contributed by atoms with Gasteiger partial charge >= 0.3 is 0 Å². The van der Waals surface area contributed by atoms with E-state index in [1.54, 1.807) is 0 Å². The van der Waals surface area contributed by atoms with E-state index < -0.39 is 0 Å². The Bertz CT molecular complexity index is 211. The van der Waals surface area contributed by atoms with E-state index in [1.807, 2.05) is 6.92 Å². The number of carbonyl (C=O) groups excluding carboxylic acids is 1. The number of carbonyl (C=O) groups is 1. The van der Waals surface area contributed by atoms with Gasteiger partial charge in [0.05, 0.1) is 0 Å². The number of amides is 1. The molecule has 3 nitrogen and oxygen atoms in total. The second kappa shape index (κ2) is 7.91. The Morgan fingerprint density at radius 2 is 2.25 bits per heavy atom. The minimum Gasteiger partial charge on any atom is -0.353 e. The quantitative estimate of drug-likeness (QED) is 0.800. The summed E-state index contributed by atoms with van der Waals surface area (Å²) in [6.45, 7) is 7.34. The molecule has 1 heterocycles. The van der Waals surface area contributed by atoms with Gasteiger partial charge in [0, 0.05) is 18.0 Å². The predicted molar refractivity (Wildman–Crippen MR) is 69.9 cm³/mol. The van der Waals surface area contributed by atoms with Crippen LogP contribution in [0.5, 0.6) is 0 Å². The van der Waals surface area contributed by atoms with Crippen LogP contribution in [0.1, 0.15) is 46.5 Å². The second-order valence-electron chi connectivity index (χ2n) is 4.77. The van der Waals surface area contributed by atoms with Gasteiger partial charge in [-0.1, -0.05) is 20.3 Å². The van der Waals surface area contributed by atoms with Crippen molar-refractivity contribution in [2.24, 2.45) is 5.92 Å². The van der Waals surface area contributed by atoms with Crippen molar-refractivity contribution in [2.75, 3.05) is 6.54 Å². The minimum absolute atomic E-state index is 0. The fourth-order valence-corrected chi connectivity index (χ4v) is 2.17. The van der Waals surface area contributed by atoms with Gasteiger partial charge in [-0.2, -0.15) is 0 Å². The third-order valence-corrected chi connectivity index (χ3v) is 3.14. The summed E-state index contributed by atoms with van der Waals surface area (Å²) in [6.07, 6.45) is 4.20. The number of piperidine rings is 1. The van der Waals surface area contributed by atoms with Crippen LogP contribution in [0.2, 0.25) is 0 Å². The molecular weight excluding hydrogens is 224 g/mol. The molecule has 1 fully saturated rings. The van der Waals surface area contributed by atoms with Gasteiger partial charge in [0.2, 0.25) is 5.91 Å². The summed E-state index contributed by atoms with van der Waals surface area (Å²) in [6, 6.07) is 0.915. The molecule has 0 aromatic heterocycles. The van der Waals surface area contributed by atoms with Crippen LogP contribution in [0, 0.1) is 5.92 Å². The summed E-state index contributed by atoms with van der Waals surface area (Å²) in [5, 5.41) is 6.54. The molecule has 1 saturated heterocycles. The molecule has 96 valence electrons. The molecule has 0 saturated carbocycles. The largest absolute Gasteiger partial charge is 0.353 e. The van der Waals surface area contributed by atoms with E-state index >= 15 is 0 Å². The summed E-state index contributed by atoms with van der Waals surface area (Å²) in [5.74, 6) is 0.399. The van der Waals surface area contributed by atoms with Gasteiger partial charge in [0.25, 0.3) is 0 Å². The highest BCUT2D eigenvalue weighted by molar-refractivity contribution is 5.85. The van der Waals surface area contributed by atoms with Crippen LogP contribution in [-0.2, 0) is 4.79 Å². The van der Waals surface area contributed by atoms with Crippen molar-refractivity contribution >= 4 is 18.3 Å². The number of halogens is 1. The van der Waals surface area contributed by atoms with Crippen LogP contribution in [-0.4, -0.2) is 24.5 Å². The lowest BCUT2D eigenvalue weighted by molar-refractivity contribution is -0.125. The van der Waals surface area contributed by atoms with Crippen LogP contribution >= 0.6 is 12.4 Å². The predicted octanol–water partition coefficient (Wildman–Crippen LogP) is 2.10. The van der Waals surface area contributed by atoms with Gasteiger partial charge in [0.1, 0.15) is 0 Å². The molecule has 0 aliphatic carbocycles. The van der Waals surface area contributed by atoms with Crippen molar-refractivity contribution in [3.63, 3.8) is 0 Å². The number of rotatable bonds is 4. The van der Waals surface area contributed by atoms with E-state index in [9.17, 15) is 4.79 Å². The zero-order valence-corrected chi connectivity index (χ0v) is 11.4. The van der Waals surface area contributed by atoms with Gasteiger partial charge in [0.15, 0.2) is 0 Å². The maximum absolute atomic E-state index is 11.8. The Hall–Kier alpha value is -0.280. The fourth-order valence-electron chi connectivity index (χ4n) is 2.17. The van der Waals surface area contributed by atoms with Crippen LogP contribution in [0.15, 0.2) is 0 Å². The first kappa shape index (κ1) is 15.7. The molecular formula is C12H25ClN2O. The fraction of sp³-hybridized carbons (Fsp3) is 0.917. The standard InChI is InChI=1S/C12H24N2O.ClH/c1-4-5-9(2)12(15)14-11-6-7-13-10(3)8-11;/h9-11,13H,4-8H2,1-3H3,(H,14,15);1H. The molecule has 1 aliphatic heterocycles. The summed E-state index contributed by atoms with van der Waals surface area (Å²) in [7, 11) is 0. The average Bonchev–Trinajstić information content (AvgIpc) is 2.18. The Labute approximate surface area is 105 Å². The molecule has 3 atom stereocenters. The molecule has 0 bridgehead atoms. The topological polar surface area (TPSA) is 41.1 Å². The molecule has 0 spiro atoms. The van der Waals surface area contributed by atoms with Crippen molar-refractivity contribution in [3.05, 3.63) is 0 Å². The highest BCUT2D eigenvalue weighted by atomic mass is 35.5. The summed E-state index contributed by atoms with van der Waals surface area (Å²) in [5.41, 5.74) is 0. The zero-order valence-electron chi connectivity index (χ0n) is 10.6. The smallest absolute Gasteiger partial charge is 0.223 e. The van der Waals surface area contributed by atoms with Crippen LogP contribution < -0.4 is 10.6 Å². The lowest BCUT2D eigenvalue weighted by Crippen LogP contribution is -2.47. The summed E-state index contributed by atoms with van der Waals surface area (Å²) < 4.78 is 0. The van der Waals surface area contributed by atoms with Gasteiger partial charge in [-0.3, -0.25) is 4.79 Å². The molecule has 0 aromatic rings. The minimum atomic E-state index is 0. The first-order valence-electron chi connectivity index (χ1n) is 6.17.